The molecule has 2 aromatic rings. The minimum absolute atomic E-state index is 0.175. The summed E-state index contributed by atoms with van der Waals surface area (Å²) in [5.41, 5.74) is 0.559. The molecule has 0 aliphatic carbocycles. The molecule has 0 radical (unpaired) electrons. The number of sulfonamides is 1. The second-order valence-corrected chi connectivity index (χ2v) is 6.44. The highest BCUT2D eigenvalue weighted by atomic mass is 32.2. The molecule has 1 N–H and O–H groups in total. The SMILES string of the molecule is O=C([O-])[C@H](Cc1ccccc1)NS(=O)(=O)c1ccc(F)cc1F. The summed E-state index contributed by atoms with van der Waals surface area (Å²) >= 11 is 0. The van der Waals surface area contributed by atoms with E-state index in [0.29, 0.717) is 11.6 Å². The van der Waals surface area contributed by atoms with Crippen molar-refractivity contribution < 1.29 is 27.1 Å². The monoisotopic (exact) mass is 340 g/mol. The summed E-state index contributed by atoms with van der Waals surface area (Å²) in [5.74, 6) is -3.91. The van der Waals surface area contributed by atoms with Crippen LogP contribution in [0.25, 0.3) is 0 Å². The van der Waals surface area contributed by atoms with Gasteiger partial charge in [0.2, 0.25) is 10.0 Å². The van der Waals surface area contributed by atoms with E-state index in [0.717, 1.165) is 12.1 Å². The maximum Gasteiger partial charge on any atom is 0.244 e. The van der Waals surface area contributed by atoms with E-state index >= 15 is 0 Å². The van der Waals surface area contributed by atoms with Gasteiger partial charge in [0.05, 0.1) is 12.0 Å². The molecule has 0 unspecified atom stereocenters. The minimum atomic E-state index is -4.48. The van der Waals surface area contributed by atoms with E-state index in [4.69, 9.17) is 0 Å². The maximum atomic E-state index is 13.6. The predicted molar refractivity (Wildman–Crippen MR) is 75.6 cm³/mol. The van der Waals surface area contributed by atoms with Crippen molar-refractivity contribution in [3.05, 3.63) is 65.7 Å². The van der Waals surface area contributed by atoms with Gasteiger partial charge < -0.3 is 9.90 Å². The number of benzene rings is 2. The summed E-state index contributed by atoms with van der Waals surface area (Å²) in [6.45, 7) is 0. The van der Waals surface area contributed by atoms with Crippen molar-refractivity contribution in [3.8, 4) is 0 Å². The molecule has 0 spiro atoms. The van der Waals surface area contributed by atoms with Crippen molar-refractivity contribution >= 4 is 16.0 Å². The average molecular weight is 340 g/mol. The average Bonchev–Trinajstić information content (AvgIpc) is 2.46. The van der Waals surface area contributed by atoms with Gasteiger partial charge in [0.15, 0.2) is 0 Å². The fourth-order valence-corrected chi connectivity index (χ4v) is 3.21. The van der Waals surface area contributed by atoms with E-state index in [1.54, 1.807) is 30.3 Å². The van der Waals surface area contributed by atoms with Crippen molar-refractivity contribution in [3.63, 3.8) is 0 Å². The number of nitrogens with one attached hydrogen (secondary N) is 1. The maximum absolute atomic E-state index is 13.6. The number of halogens is 2. The smallest absolute Gasteiger partial charge is 0.244 e. The summed E-state index contributed by atoms with van der Waals surface area (Å²) in [4.78, 5) is 10.3. The summed E-state index contributed by atoms with van der Waals surface area (Å²) in [5, 5.41) is 11.2. The Morgan fingerprint density at radius 2 is 1.78 bits per heavy atom. The van der Waals surface area contributed by atoms with E-state index in [2.05, 4.69) is 0 Å². The van der Waals surface area contributed by atoms with Crippen molar-refractivity contribution in [1.82, 2.24) is 4.72 Å². The molecule has 0 saturated carbocycles. The molecule has 0 aliphatic heterocycles. The van der Waals surface area contributed by atoms with Crippen LogP contribution in [0.4, 0.5) is 8.78 Å². The lowest BCUT2D eigenvalue weighted by Crippen LogP contribution is -2.49. The van der Waals surface area contributed by atoms with Crippen LogP contribution in [0.1, 0.15) is 5.56 Å². The van der Waals surface area contributed by atoms with E-state index in [-0.39, 0.29) is 6.42 Å². The van der Waals surface area contributed by atoms with Gasteiger partial charge in [-0.2, -0.15) is 0 Å². The third-order valence-corrected chi connectivity index (χ3v) is 4.55. The van der Waals surface area contributed by atoms with Gasteiger partial charge in [-0.05, 0) is 24.1 Å². The molecule has 0 aromatic heterocycles. The minimum Gasteiger partial charge on any atom is -0.548 e. The molecule has 0 heterocycles. The third-order valence-electron chi connectivity index (χ3n) is 3.05. The topological polar surface area (TPSA) is 86.3 Å². The van der Waals surface area contributed by atoms with E-state index in [1.165, 1.54) is 0 Å². The zero-order chi connectivity index (χ0) is 17.0. The molecule has 1 atom stereocenters. The van der Waals surface area contributed by atoms with Crippen LogP contribution in [0, 0.1) is 11.6 Å². The molecule has 0 aliphatic rings. The van der Waals surface area contributed by atoms with Gasteiger partial charge in [0.1, 0.15) is 16.5 Å². The Bertz CT molecular complexity index is 809. The lowest BCUT2D eigenvalue weighted by Gasteiger charge is -2.20. The molecule has 23 heavy (non-hydrogen) atoms. The summed E-state index contributed by atoms with van der Waals surface area (Å²) in [6.07, 6.45) is -0.175. The molecular formula is C15H12F2NO4S-. The molecule has 8 heteroatoms. The van der Waals surface area contributed by atoms with Crippen molar-refractivity contribution in [2.24, 2.45) is 0 Å². The summed E-state index contributed by atoms with van der Waals surface area (Å²) in [7, 11) is -4.48. The van der Waals surface area contributed by atoms with Gasteiger partial charge in [0.25, 0.3) is 0 Å². The van der Waals surface area contributed by atoms with E-state index in [1.807, 2.05) is 4.72 Å². The van der Waals surface area contributed by atoms with Gasteiger partial charge in [-0.3, -0.25) is 0 Å². The molecule has 0 amide bonds. The van der Waals surface area contributed by atoms with Gasteiger partial charge in [-0.1, -0.05) is 30.3 Å². The highest BCUT2D eigenvalue weighted by Crippen LogP contribution is 2.16. The molecular weight excluding hydrogens is 328 g/mol. The van der Waals surface area contributed by atoms with Crippen LogP contribution in [-0.4, -0.2) is 20.4 Å². The molecule has 2 rings (SSSR count). The van der Waals surface area contributed by atoms with Crippen LogP contribution < -0.4 is 9.83 Å². The van der Waals surface area contributed by atoms with Crippen molar-refractivity contribution in [2.45, 2.75) is 17.4 Å². The Balaban J connectivity index is 2.26. The predicted octanol–water partition coefficient (Wildman–Crippen LogP) is 0.604. The Hall–Kier alpha value is -2.32. The Morgan fingerprint density at radius 1 is 1.13 bits per heavy atom. The molecule has 0 saturated heterocycles. The number of hydrogen-bond donors (Lipinski definition) is 1. The van der Waals surface area contributed by atoms with Crippen LogP contribution in [0.5, 0.6) is 0 Å². The Kier molecular flexibility index (Phi) is 5.07. The van der Waals surface area contributed by atoms with Gasteiger partial charge in [0, 0.05) is 6.07 Å². The first-order valence-electron chi connectivity index (χ1n) is 6.52. The van der Waals surface area contributed by atoms with Gasteiger partial charge in [-0.25, -0.2) is 21.9 Å². The van der Waals surface area contributed by atoms with Crippen molar-refractivity contribution in [1.29, 1.82) is 0 Å². The van der Waals surface area contributed by atoms with E-state index in [9.17, 15) is 27.1 Å². The van der Waals surface area contributed by atoms with Crippen LogP contribution in [-0.2, 0) is 21.2 Å². The lowest BCUT2D eigenvalue weighted by molar-refractivity contribution is -0.307. The molecule has 122 valence electrons. The standard InChI is InChI=1S/C15H13F2NO4S/c16-11-6-7-14(12(17)9-11)23(21,22)18-13(15(19)20)8-10-4-2-1-3-5-10/h1-7,9,13,18H,8H2,(H,19,20)/p-1/t13-/m0/s1. The molecule has 0 fully saturated rings. The second-order valence-electron chi connectivity index (χ2n) is 4.76. The first kappa shape index (κ1) is 17.0. The van der Waals surface area contributed by atoms with Gasteiger partial charge >= 0.3 is 0 Å². The van der Waals surface area contributed by atoms with Crippen LogP contribution in [0.2, 0.25) is 0 Å². The number of aliphatic carboxylic acids is 1. The second kappa shape index (κ2) is 6.84. The molecule has 0 bridgehead atoms. The number of carbonyl (C=O) groups is 1. The van der Waals surface area contributed by atoms with Crippen LogP contribution in [0.15, 0.2) is 53.4 Å². The van der Waals surface area contributed by atoms with Crippen LogP contribution in [0.3, 0.4) is 0 Å². The normalized spacial score (nSPS) is 12.8. The highest BCUT2D eigenvalue weighted by Gasteiger charge is 2.24. The number of carbonyl (C=O) groups excluding carboxylic acids is 1. The molecule has 2 aromatic carbocycles. The van der Waals surface area contributed by atoms with Crippen molar-refractivity contribution in [2.75, 3.05) is 0 Å². The van der Waals surface area contributed by atoms with Crippen LogP contribution >= 0.6 is 0 Å². The summed E-state index contributed by atoms with van der Waals surface area (Å²) < 4.78 is 52.5. The molecule has 5 nitrogen and oxygen atoms in total. The number of carboxylic acid groups (broad SMARTS) is 1. The summed E-state index contributed by atoms with van der Waals surface area (Å²) in [6, 6.07) is 8.57. The zero-order valence-electron chi connectivity index (χ0n) is 11.7. The third kappa shape index (κ3) is 4.33. The van der Waals surface area contributed by atoms with Gasteiger partial charge in [-0.15, -0.1) is 0 Å². The fraction of sp³-hybridized carbons (Fsp3) is 0.133. The highest BCUT2D eigenvalue weighted by molar-refractivity contribution is 7.89. The zero-order valence-corrected chi connectivity index (χ0v) is 12.5. The number of carboxylic acids is 1. The Labute approximate surface area is 131 Å². The first-order chi connectivity index (χ1) is 10.8. The largest absolute Gasteiger partial charge is 0.548 e. The number of rotatable bonds is 6. The van der Waals surface area contributed by atoms with E-state index < -0.39 is 38.6 Å². The first-order valence-corrected chi connectivity index (χ1v) is 8.00. The lowest BCUT2D eigenvalue weighted by atomic mass is 10.1. The number of hydrogen-bond acceptors (Lipinski definition) is 4. The Morgan fingerprint density at radius 3 is 2.35 bits per heavy atom. The fourth-order valence-electron chi connectivity index (χ4n) is 1.97. The quantitative estimate of drug-likeness (QED) is 0.834.